The molecule has 1 aromatic heterocycles. The van der Waals surface area contributed by atoms with Crippen molar-refractivity contribution >= 4 is 22.3 Å². The van der Waals surface area contributed by atoms with E-state index < -0.39 is 0 Å². The third-order valence-electron chi connectivity index (χ3n) is 3.65. The summed E-state index contributed by atoms with van der Waals surface area (Å²) >= 11 is 0. The molecule has 1 heterocycles. The number of nitrogens with one attached hydrogen (secondary N) is 1. The van der Waals surface area contributed by atoms with Crippen LogP contribution in [0.5, 0.6) is 0 Å². The van der Waals surface area contributed by atoms with Crippen molar-refractivity contribution in [2.45, 2.75) is 25.8 Å². The van der Waals surface area contributed by atoms with Crippen molar-refractivity contribution in [2.75, 3.05) is 11.1 Å². The lowest BCUT2D eigenvalue weighted by Gasteiger charge is -2.11. The monoisotopic (exact) mass is 245 g/mol. The highest BCUT2D eigenvalue weighted by Crippen LogP contribution is 2.39. The van der Waals surface area contributed by atoms with Crippen LogP contribution in [-0.2, 0) is 0 Å². The van der Waals surface area contributed by atoms with E-state index in [1.54, 1.807) is 6.20 Å². The van der Waals surface area contributed by atoms with Gasteiger partial charge in [-0.3, -0.25) is 4.98 Å². The van der Waals surface area contributed by atoms with Gasteiger partial charge in [-0.2, -0.15) is 0 Å². The van der Waals surface area contributed by atoms with Gasteiger partial charge in [-0.05, 0) is 30.5 Å². The first kappa shape index (κ1) is 11.3. The molecule has 1 saturated carbocycles. The summed E-state index contributed by atoms with van der Waals surface area (Å²) in [6, 6.07) is 5.42. The van der Waals surface area contributed by atoms with Gasteiger partial charge in [0.1, 0.15) is 0 Å². The maximum Gasteiger partial charge on any atom is 0.150 e. The number of pyridine rings is 1. The van der Waals surface area contributed by atoms with Gasteiger partial charge >= 0.3 is 0 Å². The van der Waals surface area contributed by atoms with Gasteiger partial charge in [0.2, 0.25) is 0 Å². The van der Waals surface area contributed by atoms with Crippen LogP contribution in [0.3, 0.4) is 0 Å². The Balaban J connectivity index is 2.05. The van der Waals surface area contributed by atoms with Gasteiger partial charge < -0.3 is 11.1 Å². The molecule has 1 aromatic carbocycles. The third kappa shape index (κ3) is 1.78. The molecule has 0 radical (unpaired) electrons. The largest absolute Gasteiger partial charge is 0.398 e. The fraction of sp³-hybridized carbons (Fsp3) is 0.357. The van der Waals surface area contributed by atoms with Crippen LogP contribution in [0.15, 0.2) is 24.4 Å². The van der Waals surface area contributed by atoms with Gasteiger partial charge in [-0.15, -0.1) is 0 Å². The Morgan fingerprint density at radius 1 is 1.56 bits per heavy atom. The van der Waals surface area contributed by atoms with E-state index >= 15 is 0 Å². The molecule has 2 atom stereocenters. The molecule has 3 rings (SSSR count). The quantitative estimate of drug-likeness (QED) is 0.817. The average molecular weight is 245 g/mol. The molecule has 3 N–H and O–H groups in total. The standard InChI is InChI=1S/C14H16FN3/c1-2-8-6-12(8)18-14-10(15)7-11(16)9-4-3-5-17-13(9)14/h3-5,7-8,12,18H,2,6,16H2,1H3. The molecule has 94 valence electrons. The fourth-order valence-corrected chi connectivity index (χ4v) is 2.44. The predicted molar refractivity (Wildman–Crippen MR) is 71.9 cm³/mol. The van der Waals surface area contributed by atoms with Gasteiger partial charge in [0.05, 0.1) is 11.2 Å². The minimum atomic E-state index is -0.319. The van der Waals surface area contributed by atoms with E-state index in [-0.39, 0.29) is 5.82 Å². The molecule has 3 nitrogen and oxygen atoms in total. The Bertz CT molecular complexity index is 597. The van der Waals surface area contributed by atoms with Crippen LogP contribution in [0.4, 0.5) is 15.8 Å². The van der Waals surface area contributed by atoms with Crippen molar-refractivity contribution in [1.82, 2.24) is 4.98 Å². The summed E-state index contributed by atoms with van der Waals surface area (Å²) in [6.07, 6.45) is 3.89. The molecule has 0 bridgehead atoms. The number of nitrogen functional groups attached to an aromatic ring is 1. The topological polar surface area (TPSA) is 50.9 Å². The highest BCUT2D eigenvalue weighted by atomic mass is 19.1. The lowest BCUT2D eigenvalue weighted by atomic mass is 10.1. The zero-order chi connectivity index (χ0) is 12.7. The number of hydrogen-bond donors (Lipinski definition) is 2. The van der Waals surface area contributed by atoms with Crippen LogP contribution in [0.25, 0.3) is 10.9 Å². The van der Waals surface area contributed by atoms with Crippen LogP contribution in [0.1, 0.15) is 19.8 Å². The Labute approximate surface area is 105 Å². The number of hydrogen-bond acceptors (Lipinski definition) is 3. The van der Waals surface area contributed by atoms with Crippen LogP contribution < -0.4 is 11.1 Å². The van der Waals surface area contributed by atoms with Gasteiger partial charge in [-0.25, -0.2) is 4.39 Å². The van der Waals surface area contributed by atoms with E-state index in [4.69, 9.17) is 5.73 Å². The number of rotatable bonds is 3. The van der Waals surface area contributed by atoms with Gasteiger partial charge in [0.25, 0.3) is 0 Å². The molecule has 1 fully saturated rings. The Morgan fingerprint density at radius 2 is 2.39 bits per heavy atom. The Kier molecular flexibility index (Phi) is 2.58. The van der Waals surface area contributed by atoms with Crippen molar-refractivity contribution in [1.29, 1.82) is 0 Å². The molecule has 0 aliphatic heterocycles. The molecule has 1 aliphatic carbocycles. The van der Waals surface area contributed by atoms with E-state index in [0.717, 1.165) is 18.2 Å². The van der Waals surface area contributed by atoms with Crippen molar-refractivity contribution in [3.05, 3.63) is 30.2 Å². The lowest BCUT2D eigenvalue weighted by Crippen LogP contribution is -2.08. The van der Waals surface area contributed by atoms with E-state index in [1.807, 2.05) is 12.1 Å². The second-order valence-electron chi connectivity index (χ2n) is 4.88. The normalized spacial score (nSPS) is 22.1. The fourth-order valence-electron chi connectivity index (χ4n) is 2.44. The Morgan fingerprint density at radius 3 is 3.11 bits per heavy atom. The van der Waals surface area contributed by atoms with Crippen molar-refractivity contribution in [2.24, 2.45) is 5.92 Å². The second kappa shape index (κ2) is 4.12. The number of fused-ring (bicyclic) bond motifs is 1. The van der Waals surface area contributed by atoms with Crippen LogP contribution >= 0.6 is 0 Å². The number of halogens is 1. The van der Waals surface area contributed by atoms with Gasteiger partial charge in [-0.1, -0.05) is 13.3 Å². The molecule has 2 aromatic rings. The van der Waals surface area contributed by atoms with E-state index in [2.05, 4.69) is 17.2 Å². The summed E-state index contributed by atoms with van der Waals surface area (Å²) in [5, 5.41) is 4.06. The van der Waals surface area contributed by atoms with Crippen molar-refractivity contribution < 1.29 is 4.39 Å². The highest BCUT2D eigenvalue weighted by molar-refractivity contribution is 5.98. The maximum absolute atomic E-state index is 14.0. The summed E-state index contributed by atoms with van der Waals surface area (Å²) < 4.78 is 14.0. The van der Waals surface area contributed by atoms with E-state index in [0.29, 0.717) is 28.9 Å². The summed E-state index contributed by atoms with van der Waals surface area (Å²) in [6.45, 7) is 2.15. The van der Waals surface area contributed by atoms with Crippen LogP contribution in [-0.4, -0.2) is 11.0 Å². The number of nitrogens with zero attached hydrogens (tertiary/aromatic N) is 1. The predicted octanol–water partition coefficient (Wildman–Crippen LogP) is 3.17. The van der Waals surface area contributed by atoms with Crippen LogP contribution in [0.2, 0.25) is 0 Å². The Hall–Kier alpha value is -1.84. The molecule has 18 heavy (non-hydrogen) atoms. The maximum atomic E-state index is 14.0. The zero-order valence-electron chi connectivity index (χ0n) is 10.3. The summed E-state index contributed by atoms with van der Waals surface area (Å²) in [4.78, 5) is 4.25. The number of nitrogens with two attached hydrogens (primary N) is 1. The molecule has 4 heteroatoms. The smallest absolute Gasteiger partial charge is 0.150 e. The molecular weight excluding hydrogens is 229 g/mol. The molecule has 1 aliphatic rings. The molecular formula is C14H16FN3. The van der Waals surface area contributed by atoms with E-state index in [9.17, 15) is 4.39 Å². The zero-order valence-corrected chi connectivity index (χ0v) is 10.3. The second-order valence-corrected chi connectivity index (χ2v) is 4.88. The summed E-state index contributed by atoms with van der Waals surface area (Å²) in [5.74, 6) is 0.334. The van der Waals surface area contributed by atoms with Crippen molar-refractivity contribution in [3.8, 4) is 0 Å². The van der Waals surface area contributed by atoms with Crippen LogP contribution in [0, 0.1) is 11.7 Å². The third-order valence-corrected chi connectivity index (χ3v) is 3.65. The minimum Gasteiger partial charge on any atom is -0.398 e. The van der Waals surface area contributed by atoms with E-state index in [1.165, 1.54) is 6.07 Å². The molecule has 0 spiro atoms. The number of aromatic nitrogens is 1. The minimum absolute atomic E-state index is 0.319. The first-order chi connectivity index (χ1) is 8.70. The molecule has 0 amide bonds. The molecule has 2 unspecified atom stereocenters. The lowest BCUT2D eigenvalue weighted by molar-refractivity contribution is 0.631. The van der Waals surface area contributed by atoms with Crippen molar-refractivity contribution in [3.63, 3.8) is 0 Å². The average Bonchev–Trinajstić information content (AvgIpc) is 3.13. The molecule has 0 saturated heterocycles. The summed E-state index contributed by atoms with van der Waals surface area (Å²) in [7, 11) is 0. The first-order valence-electron chi connectivity index (χ1n) is 6.30. The number of benzene rings is 1. The highest BCUT2D eigenvalue weighted by Gasteiger charge is 2.36. The van der Waals surface area contributed by atoms with Gasteiger partial charge in [0.15, 0.2) is 5.82 Å². The first-order valence-corrected chi connectivity index (χ1v) is 6.30. The SMILES string of the molecule is CCC1CC1Nc1c(F)cc(N)c2cccnc12. The summed E-state index contributed by atoms with van der Waals surface area (Å²) in [5.41, 5.74) is 7.36. The number of anilines is 2. The van der Waals surface area contributed by atoms with Gasteiger partial charge in [0, 0.05) is 23.3 Å².